The number of halogens is 1. The van der Waals surface area contributed by atoms with E-state index in [1.165, 1.54) is 12.1 Å². The highest BCUT2D eigenvalue weighted by molar-refractivity contribution is 5.75. The summed E-state index contributed by atoms with van der Waals surface area (Å²) in [7, 11) is 0. The number of morpholine rings is 1. The first-order chi connectivity index (χ1) is 9.74. The summed E-state index contributed by atoms with van der Waals surface area (Å²) in [5.41, 5.74) is 1.15. The van der Waals surface area contributed by atoms with Crippen LogP contribution in [0.1, 0.15) is 6.42 Å². The average Bonchev–Trinajstić information content (AvgIpc) is 2.75. The van der Waals surface area contributed by atoms with Gasteiger partial charge in [-0.1, -0.05) is 0 Å². The Morgan fingerprint density at radius 3 is 2.85 bits per heavy atom. The van der Waals surface area contributed by atoms with E-state index in [9.17, 15) is 9.18 Å². The van der Waals surface area contributed by atoms with Crippen LogP contribution in [0.2, 0.25) is 0 Å². The number of fused-ring (bicyclic) bond motifs is 1. The molecule has 2 heterocycles. The van der Waals surface area contributed by atoms with E-state index in [0.717, 1.165) is 44.8 Å². The van der Waals surface area contributed by atoms with Crippen LogP contribution in [-0.2, 0) is 11.3 Å². The van der Waals surface area contributed by atoms with E-state index >= 15 is 0 Å². The molecule has 5 nitrogen and oxygen atoms in total. The lowest BCUT2D eigenvalue weighted by molar-refractivity contribution is 0.0369. The van der Waals surface area contributed by atoms with Crippen LogP contribution >= 0.6 is 0 Å². The van der Waals surface area contributed by atoms with Crippen molar-refractivity contribution < 1.29 is 9.13 Å². The second-order valence-electron chi connectivity index (χ2n) is 5.05. The molecule has 1 aromatic carbocycles. The molecule has 1 aromatic heterocycles. The smallest absolute Gasteiger partial charge is 0.326 e. The molecule has 1 saturated heterocycles. The van der Waals surface area contributed by atoms with E-state index < -0.39 is 0 Å². The van der Waals surface area contributed by atoms with Crippen molar-refractivity contribution in [2.45, 2.75) is 13.0 Å². The fourth-order valence-corrected chi connectivity index (χ4v) is 2.64. The van der Waals surface area contributed by atoms with Gasteiger partial charge in [0.15, 0.2) is 0 Å². The van der Waals surface area contributed by atoms with Gasteiger partial charge in [0.1, 0.15) is 5.82 Å². The van der Waals surface area contributed by atoms with Gasteiger partial charge < -0.3 is 9.72 Å². The first-order valence-corrected chi connectivity index (χ1v) is 6.92. The predicted molar refractivity (Wildman–Crippen MR) is 74.4 cm³/mol. The second kappa shape index (κ2) is 5.76. The Labute approximate surface area is 116 Å². The molecule has 20 heavy (non-hydrogen) atoms. The number of imidazole rings is 1. The lowest BCUT2D eigenvalue weighted by Crippen LogP contribution is -2.37. The molecule has 2 aromatic rings. The standard InChI is InChI=1S/C14H18FN3O2/c15-11-2-3-13-12(10-11)16-14(19)18(13)5-1-4-17-6-8-20-9-7-17/h2-3,10H,1,4-9H2,(H,16,19). The quantitative estimate of drug-likeness (QED) is 0.914. The van der Waals surface area contributed by atoms with Crippen LogP contribution in [0.25, 0.3) is 11.0 Å². The summed E-state index contributed by atoms with van der Waals surface area (Å²) in [5.74, 6) is -0.334. The summed E-state index contributed by atoms with van der Waals surface area (Å²) in [5, 5.41) is 0. The molecule has 0 spiro atoms. The summed E-state index contributed by atoms with van der Waals surface area (Å²) in [4.78, 5) is 16.9. The zero-order valence-corrected chi connectivity index (χ0v) is 11.3. The molecule has 0 atom stereocenters. The Kier molecular flexibility index (Phi) is 3.84. The van der Waals surface area contributed by atoms with Crippen molar-refractivity contribution in [3.63, 3.8) is 0 Å². The van der Waals surface area contributed by atoms with Gasteiger partial charge in [-0.15, -0.1) is 0 Å². The van der Waals surface area contributed by atoms with Crippen molar-refractivity contribution in [3.8, 4) is 0 Å². The van der Waals surface area contributed by atoms with E-state index in [-0.39, 0.29) is 11.5 Å². The number of benzene rings is 1. The minimum atomic E-state index is -0.334. The van der Waals surface area contributed by atoms with Crippen molar-refractivity contribution in [2.24, 2.45) is 0 Å². The van der Waals surface area contributed by atoms with Crippen LogP contribution in [0.3, 0.4) is 0 Å². The number of hydrogen-bond donors (Lipinski definition) is 1. The van der Waals surface area contributed by atoms with Gasteiger partial charge in [0.05, 0.1) is 24.2 Å². The number of rotatable bonds is 4. The largest absolute Gasteiger partial charge is 0.379 e. The van der Waals surface area contributed by atoms with Crippen LogP contribution < -0.4 is 5.69 Å². The number of hydrogen-bond acceptors (Lipinski definition) is 3. The molecular formula is C14H18FN3O2. The molecule has 108 valence electrons. The third-order valence-electron chi connectivity index (χ3n) is 3.70. The molecule has 0 bridgehead atoms. The minimum absolute atomic E-state index is 0.174. The Morgan fingerprint density at radius 2 is 2.05 bits per heavy atom. The van der Waals surface area contributed by atoms with Crippen molar-refractivity contribution >= 4 is 11.0 Å². The highest BCUT2D eigenvalue weighted by atomic mass is 19.1. The molecule has 0 aliphatic carbocycles. The molecule has 1 N–H and O–H groups in total. The molecule has 1 aliphatic rings. The molecule has 0 unspecified atom stereocenters. The third-order valence-corrected chi connectivity index (χ3v) is 3.70. The van der Waals surface area contributed by atoms with Gasteiger partial charge in [-0.2, -0.15) is 0 Å². The molecule has 0 radical (unpaired) electrons. The van der Waals surface area contributed by atoms with E-state index in [4.69, 9.17) is 4.74 Å². The minimum Gasteiger partial charge on any atom is -0.379 e. The summed E-state index contributed by atoms with van der Waals surface area (Å²) in [6.07, 6.45) is 0.893. The summed E-state index contributed by atoms with van der Waals surface area (Å²) in [6.45, 7) is 5.06. The molecule has 0 saturated carbocycles. The number of nitrogens with zero attached hydrogens (tertiary/aromatic N) is 2. The van der Waals surface area contributed by atoms with Crippen molar-refractivity contribution in [1.29, 1.82) is 0 Å². The summed E-state index contributed by atoms with van der Waals surface area (Å²) >= 11 is 0. The van der Waals surface area contributed by atoms with Gasteiger partial charge in [-0.25, -0.2) is 9.18 Å². The fraction of sp³-hybridized carbons (Fsp3) is 0.500. The predicted octanol–water partition coefficient (Wildman–Crippen LogP) is 1.19. The van der Waals surface area contributed by atoms with Gasteiger partial charge >= 0.3 is 5.69 Å². The van der Waals surface area contributed by atoms with Crippen LogP contribution in [0.5, 0.6) is 0 Å². The third kappa shape index (κ3) is 2.76. The lowest BCUT2D eigenvalue weighted by atomic mass is 10.3. The topological polar surface area (TPSA) is 50.3 Å². The number of aromatic amines is 1. The lowest BCUT2D eigenvalue weighted by Gasteiger charge is -2.26. The van der Waals surface area contributed by atoms with Crippen molar-refractivity contribution in [3.05, 3.63) is 34.5 Å². The van der Waals surface area contributed by atoms with Gasteiger partial charge in [0, 0.05) is 26.2 Å². The van der Waals surface area contributed by atoms with Crippen LogP contribution in [0.15, 0.2) is 23.0 Å². The van der Waals surface area contributed by atoms with E-state index in [1.807, 2.05) is 0 Å². The van der Waals surface area contributed by atoms with Crippen molar-refractivity contribution in [1.82, 2.24) is 14.5 Å². The summed E-state index contributed by atoms with van der Waals surface area (Å²) < 4.78 is 20.1. The Morgan fingerprint density at radius 1 is 1.25 bits per heavy atom. The average molecular weight is 279 g/mol. The molecular weight excluding hydrogens is 261 g/mol. The SMILES string of the molecule is O=c1[nH]c2cc(F)ccc2n1CCCN1CCOCC1. The molecule has 1 fully saturated rings. The maximum absolute atomic E-state index is 13.1. The van der Waals surface area contributed by atoms with Crippen LogP contribution in [0, 0.1) is 5.82 Å². The number of nitrogens with one attached hydrogen (secondary N) is 1. The number of H-pyrrole nitrogens is 1. The first kappa shape index (κ1) is 13.3. The zero-order valence-electron chi connectivity index (χ0n) is 11.3. The molecule has 6 heteroatoms. The molecule has 0 amide bonds. The van der Waals surface area contributed by atoms with Crippen LogP contribution in [-0.4, -0.2) is 47.3 Å². The zero-order chi connectivity index (χ0) is 13.9. The first-order valence-electron chi connectivity index (χ1n) is 6.92. The van der Waals surface area contributed by atoms with Crippen molar-refractivity contribution in [2.75, 3.05) is 32.8 Å². The van der Waals surface area contributed by atoms with Gasteiger partial charge in [-0.05, 0) is 24.6 Å². The molecule has 1 aliphatic heterocycles. The highest BCUT2D eigenvalue weighted by Gasteiger charge is 2.11. The normalized spacial score (nSPS) is 16.9. The summed E-state index contributed by atoms with van der Waals surface area (Å²) in [6, 6.07) is 4.39. The van der Waals surface area contributed by atoms with Gasteiger partial charge in [-0.3, -0.25) is 9.47 Å². The molecule has 3 rings (SSSR count). The van der Waals surface area contributed by atoms with Gasteiger partial charge in [0.25, 0.3) is 0 Å². The highest BCUT2D eigenvalue weighted by Crippen LogP contribution is 2.12. The Hall–Kier alpha value is -1.66. The van der Waals surface area contributed by atoms with E-state index in [1.54, 1.807) is 10.6 Å². The maximum atomic E-state index is 13.1. The fourth-order valence-electron chi connectivity index (χ4n) is 2.64. The van der Waals surface area contributed by atoms with E-state index in [2.05, 4.69) is 9.88 Å². The number of aromatic nitrogens is 2. The Balaban J connectivity index is 1.68. The second-order valence-corrected chi connectivity index (χ2v) is 5.05. The van der Waals surface area contributed by atoms with E-state index in [0.29, 0.717) is 12.1 Å². The van der Waals surface area contributed by atoms with Crippen LogP contribution in [0.4, 0.5) is 4.39 Å². The number of ether oxygens (including phenoxy) is 1. The Bertz CT molecular complexity index is 643. The van der Waals surface area contributed by atoms with Gasteiger partial charge in [0.2, 0.25) is 0 Å². The monoisotopic (exact) mass is 279 g/mol. The maximum Gasteiger partial charge on any atom is 0.326 e. The number of aryl methyl sites for hydroxylation is 1.